The molecule has 30 heavy (non-hydrogen) atoms. The van der Waals surface area contributed by atoms with E-state index in [1.165, 1.54) is 17.4 Å². The van der Waals surface area contributed by atoms with Crippen LogP contribution in [-0.2, 0) is 11.2 Å². The normalized spacial score (nSPS) is 11.5. The number of aromatic nitrogens is 1. The number of anilines is 1. The molecule has 0 unspecified atom stereocenters. The molecule has 1 aromatic heterocycles. The maximum Gasteiger partial charge on any atom is 0.233 e. The lowest BCUT2D eigenvalue weighted by atomic mass is 10.0. The third kappa shape index (κ3) is 4.35. The molecule has 154 valence electrons. The number of carbonyl (C=O) groups excluding carboxylic acids is 1. The monoisotopic (exact) mass is 421 g/mol. The first kappa shape index (κ1) is 20.4. The molecule has 0 spiro atoms. The van der Waals surface area contributed by atoms with Crippen molar-refractivity contribution in [1.29, 1.82) is 0 Å². The van der Waals surface area contributed by atoms with Crippen LogP contribution in [0.1, 0.15) is 12.0 Å². The number of thiazole rings is 1. The summed E-state index contributed by atoms with van der Waals surface area (Å²) in [5.41, 5.74) is 1.32. The van der Waals surface area contributed by atoms with E-state index < -0.39 is 0 Å². The van der Waals surface area contributed by atoms with Gasteiger partial charge in [0.2, 0.25) is 5.91 Å². The van der Waals surface area contributed by atoms with Crippen LogP contribution in [0.25, 0.3) is 21.0 Å². The van der Waals surface area contributed by atoms with Gasteiger partial charge in [0.25, 0.3) is 0 Å². The van der Waals surface area contributed by atoms with Crippen LogP contribution in [0.3, 0.4) is 0 Å². The van der Waals surface area contributed by atoms with E-state index in [1.807, 2.05) is 50.5 Å². The van der Waals surface area contributed by atoms with Crippen molar-refractivity contribution in [3.8, 4) is 0 Å². The Bertz CT molecular complexity index is 1180. The first-order valence-corrected chi connectivity index (χ1v) is 10.8. The molecule has 3 aromatic carbocycles. The molecule has 4 nitrogen and oxygen atoms in total. The lowest BCUT2D eigenvalue weighted by Gasteiger charge is -2.21. The number of halogens is 1. The topological polar surface area (TPSA) is 36.4 Å². The first-order chi connectivity index (χ1) is 14.5. The summed E-state index contributed by atoms with van der Waals surface area (Å²) in [5, 5.41) is 2.75. The fourth-order valence-corrected chi connectivity index (χ4v) is 4.62. The SMILES string of the molecule is CN(C)CCCN(C(=O)Cc1cccc2ccccc12)c1nc2c(F)cccc2s1. The highest BCUT2D eigenvalue weighted by Gasteiger charge is 2.21. The van der Waals surface area contributed by atoms with Gasteiger partial charge in [0.15, 0.2) is 5.13 Å². The summed E-state index contributed by atoms with van der Waals surface area (Å²) in [6.07, 6.45) is 1.09. The average molecular weight is 422 g/mol. The van der Waals surface area contributed by atoms with Crippen molar-refractivity contribution in [2.75, 3.05) is 32.1 Å². The van der Waals surface area contributed by atoms with Gasteiger partial charge < -0.3 is 4.90 Å². The van der Waals surface area contributed by atoms with Crippen LogP contribution in [0.4, 0.5) is 9.52 Å². The molecule has 1 amide bonds. The summed E-state index contributed by atoms with van der Waals surface area (Å²) < 4.78 is 14.9. The Morgan fingerprint density at radius 3 is 2.57 bits per heavy atom. The Labute approximate surface area is 179 Å². The van der Waals surface area contributed by atoms with Gasteiger partial charge >= 0.3 is 0 Å². The minimum Gasteiger partial charge on any atom is -0.309 e. The molecule has 4 aromatic rings. The molecule has 0 radical (unpaired) electrons. The number of amides is 1. The minimum atomic E-state index is -0.357. The van der Waals surface area contributed by atoms with E-state index in [9.17, 15) is 9.18 Å². The molecule has 0 bridgehead atoms. The standard InChI is InChI=1S/C24H24FN3OS/c1-27(2)14-7-15-28(24-26-23-20(25)12-6-13-21(23)30-24)22(29)16-18-10-5-9-17-8-3-4-11-19(17)18/h3-6,8-13H,7,14-16H2,1-2H3. The van der Waals surface area contributed by atoms with Gasteiger partial charge in [-0.1, -0.05) is 59.9 Å². The number of benzene rings is 3. The number of para-hydroxylation sites is 1. The van der Waals surface area contributed by atoms with E-state index in [0.29, 0.717) is 17.2 Å². The third-order valence-electron chi connectivity index (χ3n) is 5.10. The van der Waals surface area contributed by atoms with Crippen LogP contribution in [0.2, 0.25) is 0 Å². The van der Waals surface area contributed by atoms with Gasteiger partial charge in [-0.05, 0) is 55.5 Å². The second-order valence-corrected chi connectivity index (χ2v) is 8.61. The minimum absolute atomic E-state index is 0.0235. The van der Waals surface area contributed by atoms with Crippen LogP contribution >= 0.6 is 11.3 Å². The first-order valence-electron chi connectivity index (χ1n) is 10.00. The highest BCUT2D eigenvalue weighted by molar-refractivity contribution is 7.22. The smallest absolute Gasteiger partial charge is 0.233 e. The molecule has 0 saturated carbocycles. The van der Waals surface area contributed by atoms with Crippen molar-refractivity contribution in [1.82, 2.24) is 9.88 Å². The van der Waals surface area contributed by atoms with Crippen molar-refractivity contribution >= 4 is 43.4 Å². The summed E-state index contributed by atoms with van der Waals surface area (Å²) in [6.45, 7) is 1.40. The van der Waals surface area contributed by atoms with E-state index in [2.05, 4.69) is 22.0 Å². The molecular weight excluding hydrogens is 397 g/mol. The highest BCUT2D eigenvalue weighted by atomic mass is 32.1. The third-order valence-corrected chi connectivity index (χ3v) is 6.14. The summed E-state index contributed by atoms with van der Waals surface area (Å²) in [7, 11) is 4.02. The van der Waals surface area contributed by atoms with Crippen LogP contribution in [0.5, 0.6) is 0 Å². The highest BCUT2D eigenvalue weighted by Crippen LogP contribution is 2.31. The number of nitrogens with zero attached hydrogens (tertiary/aromatic N) is 3. The molecule has 0 aliphatic heterocycles. The summed E-state index contributed by atoms with van der Waals surface area (Å²) >= 11 is 1.36. The van der Waals surface area contributed by atoms with E-state index in [1.54, 1.807) is 11.0 Å². The molecule has 6 heteroatoms. The molecule has 1 heterocycles. The summed E-state index contributed by atoms with van der Waals surface area (Å²) in [6, 6.07) is 19.0. The number of hydrogen-bond donors (Lipinski definition) is 0. The molecule has 0 saturated heterocycles. The van der Waals surface area contributed by atoms with Crippen molar-refractivity contribution in [3.63, 3.8) is 0 Å². The number of rotatable bonds is 7. The lowest BCUT2D eigenvalue weighted by Crippen LogP contribution is -2.34. The second kappa shape index (κ2) is 8.90. The molecular formula is C24H24FN3OS. The summed E-state index contributed by atoms with van der Waals surface area (Å²) in [5.74, 6) is -0.380. The second-order valence-electron chi connectivity index (χ2n) is 7.60. The molecule has 0 atom stereocenters. The molecule has 0 N–H and O–H groups in total. The van der Waals surface area contributed by atoms with Gasteiger partial charge in [-0.2, -0.15) is 0 Å². The largest absolute Gasteiger partial charge is 0.309 e. The fourth-order valence-electron chi connectivity index (χ4n) is 3.60. The summed E-state index contributed by atoms with van der Waals surface area (Å²) in [4.78, 5) is 21.7. The lowest BCUT2D eigenvalue weighted by molar-refractivity contribution is -0.118. The fraction of sp³-hybridized carbons (Fsp3) is 0.250. The van der Waals surface area contributed by atoms with Crippen molar-refractivity contribution in [2.45, 2.75) is 12.8 Å². The molecule has 0 aliphatic carbocycles. The van der Waals surface area contributed by atoms with Crippen molar-refractivity contribution in [3.05, 3.63) is 72.0 Å². The quantitative estimate of drug-likeness (QED) is 0.416. The molecule has 4 rings (SSSR count). The predicted octanol–water partition coefficient (Wildman–Crippen LogP) is 5.12. The van der Waals surface area contributed by atoms with Crippen LogP contribution in [-0.4, -0.2) is 43.0 Å². The molecule has 0 aliphatic rings. The van der Waals surface area contributed by atoms with Crippen LogP contribution in [0.15, 0.2) is 60.7 Å². The van der Waals surface area contributed by atoms with E-state index in [0.717, 1.165) is 34.0 Å². The van der Waals surface area contributed by atoms with Gasteiger partial charge in [-0.25, -0.2) is 9.37 Å². The van der Waals surface area contributed by atoms with Gasteiger partial charge in [-0.3, -0.25) is 9.69 Å². The zero-order chi connectivity index (χ0) is 21.1. The Hall–Kier alpha value is -2.83. The maximum absolute atomic E-state index is 14.2. The van der Waals surface area contributed by atoms with Gasteiger partial charge in [-0.15, -0.1) is 0 Å². The van der Waals surface area contributed by atoms with Gasteiger partial charge in [0.05, 0.1) is 11.1 Å². The molecule has 0 fully saturated rings. The zero-order valence-corrected chi connectivity index (χ0v) is 18.0. The Morgan fingerprint density at radius 1 is 1.00 bits per heavy atom. The average Bonchev–Trinajstić information content (AvgIpc) is 3.16. The number of hydrogen-bond acceptors (Lipinski definition) is 4. The van der Waals surface area contributed by atoms with Crippen LogP contribution in [0, 0.1) is 5.82 Å². The Balaban J connectivity index is 1.65. The van der Waals surface area contributed by atoms with Crippen molar-refractivity contribution in [2.24, 2.45) is 0 Å². The van der Waals surface area contributed by atoms with Gasteiger partial charge in [0.1, 0.15) is 11.3 Å². The van der Waals surface area contributed by atoms with E-state index >= 15 is 0 Å². The zero-order valence-electron chi connectivity index (χ0n) is 17.1. The predicted molar refractivity (Wildman–Crippen MR) is 123 cm³/mol. The van der Waals surface area contributed by atoms with E-state index in [4.69, 9.17) is 0 Å². The Kier molecular flexibility index (Phi) is 6.06. The van der Waals surface area contributed by atoms with Crippen molar-refractivity contribution < 1.29 is 9.18 Å². The maximum atomic E-state index is 14.2. The van der Waals surface area contributed by atoms with Gasteiger partial charge in [0, 0.05) is 6.54 Å². The van der Waals surface area contributed by atoms with E-state index in [-0.39, 0.29) is 18.1 Å². The number of carbonyl (C=O) groups is 1. The number of fused-ring (bicyclic) bond motifs is 2. The van der Waals surface area contributed by atoms with Crippen LogP contribution < -0.4 is 4.90 Å². The Morgan fingerprint density at radius 2 is 1.77 bits per heavy atom.